The number of methoxy groups -OCH3 is 2. The molecular weight excluding hydrogens is 256 g/mol. The standard InChI is InChI=1S/C15H20N2O3/c1-19-12-3-4-14(20-2)13(5-12)15(18)17-8-10-6-16-7-11(10)9-17/h3-5,10-11,16H,6-9H2,1-2H3/t10-,11+. The molecule has 0 bridgehead atoms. The highest BCUT2D eigenvalue weighted by molar-refractivity contribution is 5.97. The second-order valence-corrected chi connectivity index (χ2v) is 5.45. The van der Waals surface area contributed by atoms with Crippen LogP contribution in [0.15, 0.2) is 18.2 Å². The van der Waals surface area contributed by atoms with Gasteiger partial charge in [-0.15, -0.1) is 0 Å². The highest BCUT2D eigenvalue weighted by Crippen LogP contribution is 2.30. The first-order chi connectivity index (χ1) is 9.72. The molecule has 0 aliphatic carbocycles. The Hall–Kier alpha value is -1.75. The first-order valence-corrected chi connectivity index (χ1v) is 6.95. The van der Waals surface area contributed by atoms with Crippen LogP contribution in [0.2, 0.25) is 0 Å². The normalized spacial score (nSPS) is 24.6. The van der Waals surface area contributed by atoms with Crippen molar-refractivity contribution in [2.75, 3.05) is 40.4 Å². The summed E-state index contributed by atoms with van der Waals surface area (Å²) in [5.74, 6) is 2.50. The van der Waals surface area contributed by atoms with Gasteiger partial charge in [0.15, 0.2) is 0 Å². The Morgan fingerprint density at radius 2 is 1.90 bits per heavy atom. The third-order valence-electron chi connectivity index (χ3n) is 4.31. The van der Waals surface area contributed by atoms with Crippen LogP contribution in [0.5, 0.6) is 11.5 Å². The lowest BCUT2D eigenvalue weighted by atomic mass is 10.0. The zero-order chi connectivity index (χ0) is 14.1. The maximum atomic E-state index is 12.7. The third-order valence-corrected chi connectivity index (χ3v) is 4.31. The fourth-order valence-corrected chi connectivity index (χ4v) is 3.17. The molecule has 2 aliphatic heterocycles. The minimum atomic E-state index is 0.0372. The van der Waals surface area contributed by atoms with Gasteiger partial charge in [0.1, 0.15) is 11.5 Å². The summed E-state index contributed by atoms with van der Waals surface area (Å²) in [4.78, 5) is 14.6. The van der Waals surface area contributed by atoms with Crippen molar-refractivity contribution in [1.82, 2.24) is 10.2 Å². The van der Waals surface area contributed by atoms with Crippen molar-refractivity contribution in [2.45, 2.75) is 0 Å². The second-order valence-electron chi connectivity index (χ2n) is 5.45. The zero-order valence-electron chi connectivity index (χ0n) is 11.9. The Labute approximate surface area is 118 Å². The van der Waals surface area contributed by atoms with Crippen molar-refractivity contribution in [3.05, 3.63) is 23.8 Å². The molecule has 5 heteroatoms. The van der Waals surface area contributed by atoms with E-state index in [1.807, 2.05) is 4.90 Å². The lowest BCUT2D eigenvalue weighted by Gasteiger charge is -2.19. The van der Waals surface area contributed by atoms with Crippen LogP contribution in [0, 0.1) is 11.8 Å². The molecule has 0 radical (unpaired) electrons. The topological polar surface area (TPSA) is 50.8 Å². The first kappa shape index (κ1) is 13.2. The monoisotopic (exact) mass is 276 g/mol. The highest BCUT2D eigenvalue weighted by Gasteiger charge is 2.38. The number of ether oxygens (including phenoxy) is 2. The average Bonchev–Trinajstić information content (AvgIpc) is 3.07. The van der Waals surface area contributed by atoms with Crippen LogP contribution in [-0.4, -0.2) is 51.2 Å². The lowest BCUT2D eigenvalue weighted by molar-refractivity contribution is 0.0778. The van der Waals surface area contributed by atoms with E-state index in [2.05, 4.69) is 5.32 Å². The number of carbonyl (C=O) groups is 1. The summed E-state index contributed by atoms with van der Waals surface area (Å²) in [6.45, 7) is 3.70. The van der Waals surface area contributed by atoms with Gasteiger partial charge in [0, 0.05) is 26.2 Å². The van der Waals surface area contributed by atoms with E-state index in [4.69, 9.17) is 9.47 Å². The SMILES string of the molecule is COc1ccc(OC)c(C(=O)N2C[C@H]3CNC[C@H]3C2)c1. The van der Waals surface area contributed by atoms with E-state index >= 15 is 0 Å². The number of fused-ring (bicyclic) bond motifs is 1. The van der Waals surface area contributed by atoms with Crippen molar-refractivity contribution in [3.63, 3.8) is 0 Å². The molecule has 2 saturated heterocycles. The molecule has 2 heterocycles. The molecule has 1 amide bonds. The van der Waals surface area contributed by atoms with Gasteiger partial charge in [0.2, 0.25) is 0 Å². The Kier molecular flexibility index (Phi) is 3.53. The molecule has 5 nitrogen and oxygen atoms in total. The fraction of sp³-hybridized carbons (Fsp3) is 0.533. The molecule has 1 aromatic carbocycles. The van der Waals surface area contributed by atoms with E-state index in [1.165, 1.54) is 0 Å². The van der Waals surface area contributed by atoms with E-state index < -0.39 is 0 Å². The minimum Gasteiger partial charge on any atom is -0.497 e. The molecule has 1 N–H and O–H groups in total. The number of hydrogen-bond acceptors (Lipinski definition) is 4. The van der Waals surface area contributed by atoms with Crippen molar-refractivity contribution >= 4 is 5.91 Å². The molecule has 0 saturated carbocycles. The summed E-state index contributed by atoms with van der Waals surface area (Å²) >= 11 is 0. The van der Waals surface area contributed by atoms with Crippen LogP contribution in [-0.2, 0) is 0 Å². The molecule has 2 aliphatic rings. The molecule has 108 valence electrons. The number of rotatable bonds is 3. The van der Waals surface area contributed by atoms with Crippen LogP contribution >= 0.6 is 0 Å². The number of likely N-dealkylation sites (tertiary alicyclic amines) is 1. The molecule has 0 aromatic heterocycles. The number of hydrogen-bond donors (Lipinski definition) is 1. The van der Waals surface area contributed by atoms with Crippen LogP contribution in [0.3, 0.4) is 0 Å². The van der Waals surface area contributed by atoms with Gasteiger partial charge >= 0.3 is 0 Å². The predicted octanol–water partition coefficient (Wildman–Crippen LogP) is 0.995. The van der Waals surface area contributed by atoms with Gasteiger partial charge in [-0.2, -0.15) is 0 Å². The van der Waals surface area contributed by atoms with Crippen molar-refractivity contribution in [1.29, 1.82) is 0 Å². The number of benzene rings is 1. The minimum absolute atomic E-state index is 0.0372. The van der Waals surface area contributed by atoms with Crippen LogP contribution in [0.25, 0.3) is 0 Å². The van der Waals surface area contributed by atoms with Gasteiger partial charge < -0.3 is 19.7 Å². The van der Waals surface area contributed by atoms with Gasteiger partial charge in [-0.3, -0.25) is 4.79 Å². The smallest absolute Gasteiger partial charge is 0.257 e. The number of carbonyl (C=O) groups excluding carboxylic acids is 1. The van der Waals surface area contributed by atoms with Crippen molar-refractivity contribution in [2.24, 2.45) is 11.8 Å². The number of nitrogens with zero attached hydrogens (tertiary/aromatic N) is 1. The maximum absolute atomic E-state index is 12.7. The third kappa shape index (κ3) is 2.22. The van der Waals surface area contributed by atoms with Gasteiger partial charge in [-0.1, -0.05) is 0 Å². The molecule has 0 unspecified atom stereocenters. The highest BCUT2D eigenvalue weighted by atomic mass is 16.5. The molecule has 1 aromatic rings. The molecular formula is C15H20N2O3. The van der Waals surface area contributed by atoms with E-state index in [0.29, 0.717) is 28.9 Å². The lowest BCUT2D eigenvalue weighted by Crippen LogP contribution is -2.32. The van der Waals surface area contributed by atoms with Gasteiger partial charge in [0.05, 0.1) is 19.8 Å². The Morgan fingerprint density at radius 3 is 2.50 bits per heavy atom. The summed E-state index contributed by atoms with van der Waals surface area (Å²) in [5.41, 5.74) is 0.583. The second kappa shape index (κ2) is 5.32. The summed E-state index contributed by atoms with van der Waals surface area (Å²) < 4.78 is 10.5. The molecule has 0 spiro atoms. The fourth-order valence-electron chi connectivity index (χ4n) is 3.17. The average molecular weight is 276 g/mol. The first-order valence-electron chi connectivity index (χ1n) is 6.95. The number of amides is 1. The summed E-state index contributed by atoms with van der Waals surface area (Å²) in [6.07, 6.45) is 0. The van der Waals surface area contributed by atoms with E-state index in [0.717, 1.165) is 26.2 Å². The molecule has 2 atom stereocenters. The summed E-state index contributed by atoms with van der Waals surface area (Å²) in [5, 5.41) is 3.38. The van der Waals surface area contributed by atoms with E-state index in [1.54, 1.807) is 32.4 Å². The Bertz CT molecular complexity index is 506. The summed E-state index contributed by atoms with van der Waals surface area (Å²) in [7, 11) is 3.18. The maximum Gasteiger partial charge on any atom is 0.257 e. The van der Waals surface area contributed by atoms with E-state index in [-0.39, 0.29) is 5.91 Å². The van der Waals surface area contributed by atoms with Crippen molar-refractivity contribution in [3.8, 4) is 11.5 Å². The predicted molar refractivity (Wildman–Crippen MR) is 75.3 cm³/mol. The number of nitrogens with one attached hydrogen (secondary N) is 1. The quantitative estimate of drug-likeness (QED) is 0.894. The van der Waals surface area contributed by atoms with E-state index in [9.17, 15) is 4.79 Å². The summed E-state index contributed by atoms with van der Waals surface area (Å²) in [6, 6.07) is 5.34. The van der Waals surface area contributed by atoms with Gasteiger partial charge in [0.25, 0.3) is 5.91 Å². The Balaban J connectivity index is 1.83. The van der Waals surface area contributed by atoms with Gasteiger partial charge in [-0.05, 0) is 30.0 Å². The molecule has 3 rings (SSSR count). The largest absolute Gasteiger partial charge is 0.497 e. The molecule has 2 fully saturated rings. The van der Waals surface area contributed by atoms with Crippen molar-refractivity contribution < 1.29 is 14.3 Å². The zero-order valence-corrected chi connectivity index (χ0v) is 11.9. The Morgan fingerprint density at radius 1 is 1.20 bits per heavy atom. The van der Waals surface area contributed by atoms with Crippen LogP contribution in [0.1, 0.15) is 10.4 Å². The molecule has 20 heavy (non-hydrogen) atoms. The van der Waals surface area contributed by atoms with Crippen LogP contribution < -0.4 is 14.8 Å². The van der Waals surface area contributed by atoms with Crippen LogP contribution in [0.4, 0.5) is 0 Å². The van der Waals surface area contributed by atoms with Gasteiger partial charge in [-0.25, -0.2) is 0 Å².